The van der Waals surface area contributed by atoms with Gasteiger partial charge in [-0.2, -0.15) is 0 Å². The maximum absolute atomic E-state index is 10.8. The second-order valence-corrected chi connectivity index (χ2v) is 6.64. The first-order valence-corrected chi connectivity index (χ1v) is 10.0. The molecule has 35 heavy (non-hydrogen) atoms. The second-order valence-electron chi connectivity index (χ2n) is 6.64. The number of carbonyl (C=O) groups is 7. The van der Waals surface area contributed by atoms with Crippen molar-refractivity contribution in [3.8, 4) is 0 Å². The van der Waals surface area contributed by atoms with Crippen molar-refractivity contribution in [1.82, 2.24) is 0 Å². The fourth-order valence-electron chi connectivity index (χ4n) is 1.33. The molecule has 0 aliphatic heterocycles. The number of amides is 1. The van der Waals surface area contributed by atoms with E-state index in [1.807, 2.05) is 0 Å². The number of primary amides is 1. The number of rotatable bonds is 13. The number of nitrogens with two attached hydrogens (primary N) is 1. The van der Waals surface area contributed by atoms with E-state index in [1.54, 1.807) is 0 Å². The van der Waals surface area contributed by atoms with E-state index < -0.39 is 29.8 Å². The second kappa shape index (κ2) is 21.7. The molecular weight excluding hydrogens is 466 g/mol. The van der Waals surface area contributed by atoms with Crippen LogP contribution in [0, 0.1) is 0 Å². The van der Waals surface area contributed by atoms with E-state index in [0.29, 0.717) is 0 Å². The standard InChI is InChI=1S/2C10H14O5.C3H5NO/c2*1-7(2)10(13)15-5-4-14-9(12)6-8(3)11;1-2-3(4)5/h2*1,4-6H2,2-3H3;2H,1H2,(H2,4,5). The highest BCUT2D eigenvalue weighted by molar-refractivity contribution is 5.94. The monoisotopic (exact) mass is 499 g/mol. The first kappa shape index (κ1) is 35.5. The first-order valence-electron chi connectivity index (χ1n) is 10.0. The fourth-order valence-corrected chi connectivity index (χ4v) is 1.33. The molecule has 0 fully saturated rings. The summed E-state index contributed by atoms with van der Waals surface area (Å²) in [6, 6.07) is 0. The van der Waals surface area contributed by atoms with E-state index in [2.05, 4.69) is 44.4 Å². The molecule has 0 aliphatic rings. The van der Waals surface area contributed by atoms with Gasteiger partial charge in [-0.05, 0) is 33.8 Å². The molecule has 0 radical (unpaired) electrons. The number of ether oxygens (including phenoxy) is 4. The summed E-state index contributed by atoms with van der Waals surface area (Å²) in [6.45, 7) is 15.3. The third-order valence-corrected chi connectivity index (χ3v) is 2.84. The number of Topliss-reactive ketones (excluding diaryl/α,β-unsaturated/α-hetero) is 2. The predicted molar refractivity (Wildman–Crippen MR) is 123 cm³/mol. The third kappa shape index (κ3) is 29.9. The molecule has 0 aliphatic carbocycles. The molecule has 12 nitrogen and oxygen atoms in total. The quantitative estimate of drug-likeness (QED) is 0.125. The zero-order valence-electron chi connectivity index (χ0n) is 20.5. The summed E-state index contributed by atoms with van der Waals surface area (Å²) in [5.41, 5.74) is 5.10. The van der Waals surface area contributed by atoms with E-state index in [9.17, 15) is 33.6 Å². The molecule has 0 heterocycles. The number of ketones is 2. The first-order chi connectivity index (χ1) is 16.1. The third-order valence-electron chi connectivity index (χ3n) is 2.84. The summed E-state index contributed by atoms with van der Waals surface area (Å²) in [7, 11) is 0. The van der Waals surface area contributed by atoms with E-state index in [0.717, 1.165) is 6.08 Å². The highest BCUT2D eigenvalue weighted by atomic mass is 16.6. The van der Waals surface area contributed by atoms with Crippen LogP contribution >= 0.6 is 0 Å². The number of hydrogen-bond donors (Lipinski definition) is 1. The van der Waals surface area contributed by atoms with Crippen molar-refractivity contribution in [3.63, 3.8) is 0 Å². The number of carbonyl (C=O) groups excluding carboxylic acids is 7. The average molecular weight is 500 g/mol. The summed E-state index contributed by atoms with van der Waals surface area (Å²) in [5, 5.41) is 0. The van der Waals surface area contributed by atoms with Gasteiger partial charge in [0.2, 0.25) is 5.91 Å². The Morgan fingerprint density at radius 1 is 0.629 bits per heavy atom. The zero-order chi connectivity index (χ0) is 28.0. The Morgan fingerprint density at radius 2 is 0.886 bits per heavy atom. The Bertz CT molecular complexity index is 754. The van der Waals surface area contributed by atoms with Gasteiger partial charge in [-0.1, -0.05) is 19.7 Å². The Kier molecular flexibility index (Phi) is 22.0. The molecule has 0 aromatic rings. The van der Waals surface area contributed by atoms with Crippen molar-refractivity contribution in [2.24, 2.45) is 5.73 Å². The highest BCUT2D eigenvalue weighted by Crippen LogP contribution is 1.94. The van der Waals surface area contributed by atoms with E-state index >= 15 is 0 Å². The molecule has 0 aromatic heterocycles. The lowest BCUT2D eigenvalue weighted by Crippen LogP contribution is -2.15. The number of hydrogen-bond acceptors (Lipinski definition) is 11. The summed E-state index contributed by atoms with van der Waals surface area (Å²) in [4.78, 5) is 73.8. The molecular formula is C23H33NO11. The van der Waals surface area contributed by atoms with Crippen LogP contribution in [0.15, 0.2) is 37.0 Å². The van der Waals surface area contributed by atoms with Gasteiger partial charge in [0.15, 0.2) is 0 Å². The van der Waals surface area contributed by atoms with Crippen LogP contribution in [0.3, 0.4) is 0 Å². The SMILES string of the molecule is C=C(C)C(=O)OCCOC(=O)CC(C)=O.C=C(C)C(=O)OCCOC(=O)CC(C)=O.C=CC(N)=O. The van der Waals surface area contributed by atoms with E-state index in [1.165, 1.54) is 27.7 Å². The van der Waals surface area contributed by atoms with Crippen molar-refractivity contribution in [2.45, 2.75) is 40.5 Å². The van der Waals surface area contributed by atoms with Crippen LogP contribution < -0.4 is 5.73 Å². The average Bonchev–Trinajstić information content (AvgIpc) is 2.73. The van der Waals surface area contributed by atoms with Crippen LogP contribution in [0.4, 0.5) is 0 Å². The van der Waals surface area contributed by atoms with Crippen molar-refractivity contribution in [3.05, 3.63) is 37.0 Å². The summed E-state index contributed by atoms with van der Waals surface area (Å²) < 4.78 is 18.5. The molecule has 2 N–H and O–H groups in total. The van der Waals surface area contributed by atoms with Gasteiger partial charge in [0.05, 0.1) is 0 Å². The molecule has 1 amide bonds. The van der Waals surface area contributed by atoms with Crippen LogP contribution in [0.5, 0.6) is 0 Å². The molecule has 0 saturated heterocycles. The highest BCUT2D eigenvalue weighted by Gasteiger charge is 2.08. The lowest BCUT2D eigenvalue weighted by Gasteiger charge is -2.05. The molecule has 0 unspecified atom stereocenters. The topological polar surface area (TPSA) is 182 Å². The predicted octanol–water partition coefficient (Wildman–Crippen LogP) is 0.914. The minimum absolute atomic E-state index is 0.0324. The maximum atomic E-state index is 10.8. The molecule has 0 bridgehead atoms. The molecule has 0 rings (SSSR count). The van der Waals surface area contributed by atoms with Crippen LogP contribution in [0.25, 0.3) is 0 Å². The van der Waals surface area contributed by atoms with Gasteiger partial charge in [-0.25, -0.2) is 9.59 Å². The van der Waals surface area contributed by atoms with Gasteiger partial charge in [0.1, 0.15) is 50.8 Å². The summed E-state index contributed by atoms with van der Waals surface area (Å²) in [5.74, 6) is -3.30. The van der Waals surface area contributed by atoms with Crippen LogP contribution in [0.2, 0.25) is 0 Å². The smallest absolute Gasteiger partial charge is 0.333 e. The molecule has 0 spiro atoms. The van der Waals surface area contributed by atoms with E-state index in [4.69, 9.17) is 0 Å². The molecule has 0 atom stereocenters. The Hall–Kier alpha value is -4.09. The molecule has 196 valence electrons. The molecule has 0 saturated carbocycles. The Labute approximate surface area is 204 Å². The maximum Gasteiger partial charge on any atom is 0.333 e. The largest absolute Gasteiger partial charge is 0.462 e. The molecule has 0 aromatic carbocycles. The van der Waals surface area contributed by atoms with Gasteiger partial charge < -0.3 is 24.7 Å². The van der Waals surface area contributed by atoms with Crippen molar-refractivity contribution in [2.75, 3.05) is 26.4 Å². The van der Waals surface area contributed by atoms with Gasteiger partial charge in [0, 0.05) is 11.1 Å². The van der Waals surface area contributed by atoms with E-state index in [-0.39, 0.29) is 62.0 Å². The van der Waals surface area contributed by atoms with Crippen LogP contribution in [-0.2, 0) is 52.5 Å². The van der Waals surface area contributed by atoms with Crippen molar-refractivity contribution in [1.29, 1.82) is 0 Å². The Balaban J connectivity index is -0.000000491. The number of esters is 4. The fraction of sp³-hybridized carbons (Fsp3) is 0.435. The van der Waals surface area contributed by atoms with Crippen molar-refractivity contribution >= 4 is 41.4 Å². The lowest BCUT2D eigenvalue weighted by molar-refractivity contribution is -0.151. The summed E-state index contributed by atoms with van der Waals surface area (Å²) in [6.07, 6.45) is 0.545. The zero-order valence-corrected chi connectivity index (χ0v) is 20.5. The summed E-state index contributed by atoms with van der Waals surface area (Å²) >= 11 is 0. The lowest BCUT2D eigenvalue weighted by atomic mass is 10.3. The van der Waals surface area contributed by atoms with Gasteiger partial charge in [-0.15, -0.1) is 0 Å². The minimum atomic E-state index is -0.617. The normalized spacial score (nSPS) is 8.80. The molecule has 12 heteroatoms. The Morgan fingerprint density at radius 3 is 1.09 bits per heavy atom. The van der Waals surface area contributed by atoms with Crippen LogP contribution in [-0.4, -0.2) is 67.8 Å². The minimum Gasteiger partial charge on any atom is -0.462 e. The van der Waals surface area contributed by atoms with Gasteiger partial charge in [-0.3, -0.25) is 24.0 Å². The van der Waals surface area contributed by atoms with Gasteiger partial charge >= 0.3 is 23.9 Å². The van der Waals surface area contributed by atoms with Crippen LogP contribution in [0.1, 0.15) is 40.5 Å². The van der Waals surface area contributed by atoms with Crippen molar-refractivity contribution < 1.29 is 52.5 Å². The van der Waals surface area contributed by atoms with Gasteiger partial charge in [0.25, 0.3) is 0 Å².